The van der Waals surface area contributed by atoms with Crippen molar-refractivity contribution in [3.8, 4) is 11.5 Å². The van der Waals surface area contributed by atoms with Gasteiger partial charge in [-0.3, -0.25) is 9.59 Å². The number of anilines is 1. The van der Waals surface area contributed by atoms with Gasteiger partial charge in [-0.15, -0.1) is 0 Å². The van der Waals surface area contributed by atoms with Crippen molar-refractivity contribution < 1.29 is 19.1 Å². The fourth-order valence-corrected chi connectivity index (χ4v) is 3.77. The number of rotatable bonds is 7. The Morgan fingerprint density at radius 1 is 1.00 bits per heavy atom. The van der Waals surface area contributed by atoms with Crippen LogP contribution in [0.1, 0.15) is 5.56 Å². The summed E-state index contributed by atoms with van der Waals surface area (Å²) in [4.78, 5) is 29.3. The summed E-state index contributed by atoms with van der Waals surface area (Å²) in [5.74, 6) is 0.810. The lowest BCUT2D eigenvalue weighted by molar-refractivity contribution is -0.118. The van der Waals surface area contributed by atoms with Gasteiger partial charge in [0, 0.05) is 5.69 Å². The fourth-order valence-electron chi connectivity index (χ4n) is 2.93. The number of nitrogens with zero attached hydrogens (tertiary/aromatic N) is 1. The van der Waals surface area contributed by atoms with E-state index >= 15 is 0 Å². The van der Waals surface area contributed by atoms with Crippen LogP contribution < -0.4 is 20.1 Å². The first kappa shape index (κ1) is 22.2. The summed E-state index contributed by atoms with van der Waals surface area (Å²) in [5.41, 5.74) is 2.27. The van der Waals surface area contributed by atoms with Crippen molar-refractivity contribution >= 4 is 46.2 Å². The van der Waals surface area contributed by atoms with Gasteiger partial charge in [0.25, 0.3) is 11.8 Å². The van der Waals surface area contributed by atoms with E-state index in [2.05, 4.69) is 15.6 Å². The lowest BCUT2D eigenvalue weighted by Gasteiger charge is -2.08. The minimum Gasteiger partial charge on any atom is -0.497 e. The van der Waals surface area contributed by atoms with Crippen molar-refractivity contribution in [2.75, 3.05) is 19.0 Å². The highest BCUT2D eigenvalue weighted by Gasteiger charge is 2.23. The second kappa shape index (κ2) is 10.5. The van der Waals surface area contributed by atoms with Crippen molar-refractivity contribution in [2.45, 2.75) is 0 Å². The molecule has 2 amide bonds. The van der Waals surface area contributed by atoms with Crippen molar-refractivity contribution in [2.24, 2.45) is 4.99 Å². The average molecular weight is 460 g/mol. The first-order chi connectivity index (χ1) is 16.1. The molecule has 4 rings (SSSR count). The molecule has 1 heterocycles. The zero-order chi connectivity index (χ0) is 23.0. The monoisotopic (exact) mass is 459 g/mol. The van der Waals surface area contributed by atoms with Gasteiger partial charge in [-0.1, -0.05) is 30.3 Å². The van der Waals surface area contributed by atoms with Gasteiger partial charge >= 0.3 is 0 Å². The van der Waals surface area contributed by atoms with Crippen LogP contribution in [0.4, 0.5) is 11.4 Å². The maximum absolute atomic E-state index is 12.3. The Morgan fingerprint density at radius 3 is 2.39 bits per heavy atom. The van der Waals surface area contributed by atoms with E-state index in [4.69, 9.17) is 9.47 Å². The maximum atomic E-state index is 12.3. The number of methoxy groups -OCH3 is 1. The van der Waals surface area contributed by atoms with Gasteiger partial charge in [-0.2, -0.15) is 0 Å². The predicted octanol–water partition coefficient (Wildman–Crippen LogP) is 4.60. The van der Waals surface area contributed by atoms with Gasteiger partial charge in [0.15, 0.2) is 11.8 Å². The topological polar surface area (TPSA) is 89.0 Å². The van der Waals surface area contributed by atoms with Gasteiger partial charge in [0.2, 0.25) is 0 Å². The zero-order valence-electron chi connectivity index (χ0n) is 17.8. The Labute approximate surface area is 195 Å². The molecular weight excluding hydrogens is 438 g/mol. The molecule has 0 bridgehead atoms. The molecule has 1 aliphatic heterocycles. The van der Waals surface area contributed by atoms with E-state index < -0.39 is 0 Å². The molecule has 3 aromatic rings. The van der Waals surface area contributed by atoms with Crippen LogP contribution in [0.3, 0.4) is 0 Å². The van der Waals surface area contributed by atoms with Crippen LogP contribution in [0.5, 0.6) is 11.5 Å². The summed E-state index contributed by atoms with van der Waals surface area (Å²) in [7, 11) is 1.59. The fraction of sp³-hybridized carbons (Fsp3) is 0.0800. The first-order valence-corrected chi connectivity index (χ1v) is 10.9. The number of thioether (sulfide) groups is 1. The standard InChI is InChI=1S/C25H21N3O4S/c1-31-20-13-9-19(10-14-20)26-23(29)16-32-21-11-7-17(8-12-21)15-22-24(30)28-25(33-22)27-18-5-3-2-4-6-18/h2-15H,16H2,1H3,(H,26,29)(H,27,28,30)/b22-15-. The van der Waals surface area contributed by atoms with Crippen LogP contribution in [-0.4, -0.2) is 30.7 Å². The van der Waals surface area contributed by atoms with E-state index in [1.54, 1.807) is 49.6 Å². The van der Waals surface area contributed by atoms with Gasteiger partial charge in [-0.05, 0) is 71.9 Å². The Balaban J connectivity index is 1.31. The number of benzene rings is 3. The van der Waals surface area contributed by atoms with Crippen LogP contribution in [0.15, 0.2) is 88.8 Å². The second-order valence-electron chi connectivity index (χ2n) is 6.95. The molecule has 7 nitrogen and oxygen atoms in total. The number of nitrogens with one attached hydrogen (secondary N) is 2. The second-order valence-corrected chi connectivity index (χ2v) is 7.98. The summed E-state index contributed by atoms with van der Waals surface area (Å²) in [6.45, 7) is -0.121. The summed E-state index contributed by atoms with van der Waals surface area (Å²) in [6.07, 6.45) is 1.79. The number of amides is 2. The molecule has 1 saturated heterocycles. The zero-order valence-corrected chi connectivity index (χ0v) is 18.6. The molecule has 8 heteroatoms. The van der Waals surface area contributed by atoms with Crippen LogP contribution in [0, 0.1) is 0 Å². The molecule has 0 spiro atoms. The number of ether oxygens (including phenoxy) is 2. The summed E-state index contributed by atoms with van der Waals surface area (Å²) >= 11 is 1.29. The molecule has 2 N–H and O–H groups in total. The molecule has 33 heavy (non-hydrogen) atoms. The van der Waals surface area contributed by atoms with Crippen LogP contribution in [0.2, 0.25) is 0 Å². The molecule has 0 atom stereocenters. The van der Waals surface area contributed by atoms with E-state index in [1.165, 1.54) is 11.8 Å². The molecule has 1 aliphatic rings. The minimum atomic E-state index is -0.268. The minimum absolute atomic E-state index is 0.121. The number of amidine groups is 1. The Kier molecular flexibility index (Phi) is 7.06. The summed E-state index contributed by atoms with van der Waals surface area (Å²) in [5, 5.41) is 6.08. The first-order valence-electron chi connectivity index (χ1n) is 10.1. The van der Waals surface area contributed by atoms with Crippen LogP contribution in [-0.2, 0) is 9.59 Å². The van der Waals surface area contributed by atoms with Crippen LogP contribution >= 0.6 is 11.8 Å². The normalized spacial score (nSPS) is 15.4. The molecule has 0 radical (unpaired) electrons. The molecule has 1 fully saturated rings. The van der Waals surface area contributed by atoms with Crippen molar-refractivity contribution in [3.63, 3.8) is 0 Å². The molecule has 0 aromatic heterocycles. The number of hydrogen-bond acceptors (Lipinski definition) is 6. The smallest absolute Gasteiger partial charge is 0.264 e. The number of hydrogen-bond donors (Lipinski definition) is 2. The molecule has 3 aromatic carbocycles. The molecular formula is C25H21N3O4S. The number of para-hydroxylation sites is 1. The highest BCUT2D eigenvalue weighted by molar-refractivity contribution is 8.18. The summed E-state index contributed by atoms with van der Waals surface area (Å²) < 4.78 is 10.6. The van der Waals surface area contributed by atoms with E-state index in [0.717, 1.165) is 11.3 Å². The lowest BCUT2D eigenvalue weighted by Crippen LogP contribution is -2.20. The highest BCUT2D eigenvalue weighted by Crippen LogP contribution is 2.28. The number of carbonyl (C=O) groups is 2. The summed E-state index contributed by atoms with van der Waals surface area (Å²) in [6, 6.07) is 23.6. The Hall–Kier alpha value is -4.04. The third kappa shape index (κ3) is 6.24. The largest absolute Gasteiger partial charge is 0.497 e. The van der Waals surface area contributed by atoms with E-state index in [1.807, 2.05) is 42.5 Å². The SMILES string of the molecule is COc1ccc(NC(=O)COc2ccc(/C=C3\SC(=Nc4ccccc4)NC3=O)cc2)cc1. The van der Waals surface area contributed by atoms with Gasteiger partial charge < -0.3 is 20.1 Å². The Morgan fingerprint density at radius 2 is 1.70 bits per heavy atom. The number of aliphatic imine (C=N–C) groups is 1. The highest BCUT2D eigenvalue weighted by atomic mass is 32.2. The third-order valence-corrected chi connectivity index (χ3v) is 5.47. The van der Waals surface area contributed by atoms with Crippen LogP contribution in [0.25, 0.3) is 6.08 Å². The maximum Gasteiger partial charge on any atom is 0.264 e. The molecule has 0 aliphatic carbocycles. The lowest BCUT2D eigenvalue weighted by atomic mass is 10.2. The van der Waals surface area contributed by atoms with Crippen molar-refractivity contribution in [1.82, 2.24) is 5.32 Å². The average Bonchev–Trinajstić information content (AvgIpc) is 3.18. The molecule has 0 unspecified atom stereocenters. The predicted molar refractivity (Wildman–Crippen MR) is 131 cm³/mol. The molecule has 0 saturated carbocycles. The van der Waals surface area contributed by atoms with Gasteiger partial charge in [-0.25, -0.2) is 4.99 Å². The molecule has 166 valence electrons. The quantitative estimate of drug-likeness (QED) is 0.504. The Bertz CT molecular complexity index is 1190. The van der Waals surface area contributed by atoms with E-state index in [-0.39, 0.29) is 18.4 Å². The van der Waals surface area contributed by atoms with Gasteiger partial charge in [0.1, 0.15) is 11.5 Å². The van der Waals surface area contributed by atoms with Crippen molar-refractivity contribution in [3.05, 3.63) is 89.3 Å². The third-order valence-electron chi connectivity index (χ3n) is 4.56. The number of carbonyl (C=O) groups excluding carboxylic acids is 2. The van der Waals surface area contributed by atoms with E-state index in [9.17, 15) is 9.59 Å². The van der Waals surface area contributed by atoms with Gasteiger partial charge in [0.05, 0.1) is 17.7 Å². The van der Waals surface area contributed by atoms with E-state index in [0.29, 0.717) is 27.3 Å². The van der Waals surface area contributed by atoms with Crippen molar-refractivity contribution in [1.29, 1.82) is 0 Å².